The zero-order valence-electron chi connectivity index (χ0n) is 12.2. The molecule has 2 aromatic rings. The number of fused-ring (bicyclic) bond motifs is 1. The first kappa shape index (κ1) is 16.0. The molecule has 1 aromatic carbocycles. The maximum absolute atomic E-state index is 13.6. The van der Waals surface area contributed by atoms with Crippen molar-refractivity contribution in [1.29, 1.82) is 0 Å². The average Bonchev–Trinajstić information content (AvgIpc) is 3.05. The van der Waals surface area contributed by atoms with Crippen LogP contribution in [-0.4, -0.2) is 16.8 Å². The maximum Gasteiger partial charge on any atom is 0.224 e. The highest BCUT2D eigenvalue weighted by molar-refractivity contribution is 7.08. The minimum Gasteiger partial charge on any atom is -0.334 e. The number of carbonyl (C=O) groups excluding carboxylic acids is 1. The Balaban J connectivity index is 1.59. The second kappa shape index (κ2) is 6.33. The molecule has 0 radical (unpaired) electrons. The Morgan fingerprint density at radius 2 is 1.74 bits per heavy atom. The smallest absolute Gasteiger partial charge is 0.224 e. The molecule has 0 unspecified atom stereocenters. The number of nitrogens with zero attached hydrogens (tertiary/aromatic N) is 1. The van der Waals surface area contributed by atoms with Crippen LogP contribution in [0, 0.1) is 17.5 Å². The minimum absolute atomic E-state index is 0.0238. The highest BCUT2D eigenvalue weighted by Crippen LogP contribution is 2.26. The van der Waals surface area contributed by atoms with Gasteiger partial charge in [0.1, 0.15) is 5.82 Å². The summed E-state index contributed by atoms with van der Waals surface area (Å²) in [7, 11) is 0. The fourth-order valence-corrected chi connectivity index (χ4v) is 3.55. The lowest BCUT2D eigenvalue weighted by Gasteiger charge is -2.19. The summed E-state index contributed by atoms with van der Waals surface area (Å²) in [6, 6.07) is 0.638. The van der Waals surface area contributed by atoms with E-state index in [1.165, 1.54) is 0 Å². The molecule has 0 aliphatic carbocycles. The summed E-state index contributed by atoms with van der Waals surface area (Å²) < 4.78 is 39.7. The summed E-state index contributed by atoms with van der Waals surface area (Å²) in [5, 5.41) is 4.03. The molecule has 2 N–H and O–H groups in total. The number of thiophene rings is 1. The van der Waals surface area contributed by atoms with E-state index >= 15 is 0 Å². The van der Waals surface area contributed by atoms with Crippen molar-refractivity contribution < 1.29 is 18.0 Å². The fraction of sp³-hybridized carbons (Fsp3) is 0.312. The second-order valence-electron chi connectivity index (χ2n) is 5.70. The third kappa shape index (κ3) is 3.40. The number of rotatable bonds is 4. The standard InChI is InChI=1S/C16H15F3N2OS/c17-13-4-15(19)14(18)2-9(13)1-12(20)3-16(22)21-5-10-7-23-8-11(10)6-21/h2,4,7-8,12H,1,3,5-6,20H2/t12-/m1/s1. The van der Waals surface area contributed by atoms with Gasteiger partial charge in [-0.1, -0.05) is 0 Å². The van der Waals surface area contributed by atoms with Crippen molar-refractivity contribution in [2.24, 2.45) is 5.73 Å². The average molecular weight is 340 g/mol. The third-order valence-corrected chi connectivity index (χ3v) is 4.76. The minimum atomic E-state index is -1.24. The van der Waals surface area contributed by atoms with Crippen molar-refractivity contribution in [2.75, 3.05) is 0 Å². The molecule has 1 aliphatic rings. The Hall–Kier alpha value is -1.86. The van der Waals surface area contributed by atoms with Crippen LogP contribution >= 0.6 is 11.3 Å². The van der Waals surface area contributed by atoms with Crippen LogP contribution in [0.1, 0.15) is 23.1 Å². The molecule has 23 heavy (non-hydrogen) atoms. The highest BCUT2D eigenvalue weighted by atomic mass is 32.1. The second-order valence-corrected chi connectivity index (χ2v) is 6.44. The van der Waals surface area contributed by atoms with Crippen molar-refractivity contribution in [3.05, 3.63) is 57.0 Å². The molecule has 3 nitrogen and oxygen atoms in total. The van der Waals surface area contributed by atoms with Gasteiger partial charge in [-0.05, 0) is 39.9 Å². The molecule has 0 bridgehead atoms. The molecule has 0 fully saturated rings. The van der Waals surface area contributed by atoms with Crippen LogP contribution in [0.25, 0.3) is 0 Å². The van der Waals surface area contributed by atoms with Gasteiger partial charge in [0, 0.05) is 31.6 Å². The molecule has 3 rings (SSSR count). The van der Waals surface area contributed by atoms with Gasteiger partial charge in [-0.25, -0.2) is 13.2 Å². The highest BCUT2D eigenvalue weighted by Gasteiger charge is 2.25. The van der Waals surface area contributed by atoms with E-state index in [1.807, 2.05) is 10.8 Å². The van der Waals surface area contributed by atoms with Gasteiger partial charge in [-0.2, -0.15) is 11.3 Å². The van der Waals surface area contributed by atoms with E-state index in [1.54, 1.807) is 16.2 Å². The van der Waals surface area contributed by atoms with Crippen molar-refractivity contribution >= 4 is 17.2 Å². The van der Waals surface area contributed by atoms with Gasteiger partial charge in [0.25, 0.3) is 0 Å². The van der Waals surface area contributed by atoms with E-state index in [2.05, 4.69) is 0 Å². The first-order chi connectivity index (χ1) is 10.9. The van der Waals surface area contributed by atoms with E-state index < -0.39 is 23.5 Å². The number of hydrogen-bond donors (Lipinski definition) is 1. The molecule has 0 spiro atoms. The third-order valence-electron chi connectivity index (χ3n) is 3.92. The summed E-state index contributed by atoms with van der Waals surface area (Å²) in [4.78, 5) is 13.9. The van der Waals surface area contributed by atoms with Gasteiger partial charge >= 0.3 is 0 Å². The monoisotopic (exact) mass is 340 g/mol. The van der Waals surface area contributed by atoms with E-state index in [-0.39, 0.29) is 24.3 Å². The predicted molar refractivity (Wildman–Crippen MR) is 81.2 cm³/mol. The largest absolute Gasteiger partial charge is 0.334 e. The van der Waals surface area contributed by atoms with Crippen LogP contribution in [0.4, 0.5) is 13.2 Å². The summed E-state index contributed by atoms with van der Waals surface area (Å²) in [5.74, 6) is -3.33. The van der Waals surface area contributed by atoms with Crippen molar-refractivity contribution in [2.45, 2.75) is 32.0 Å². The number of benzene rings is 1. The van der Waals surface area contributed by atoms with Gasteiger partial charge in [0.15, 0.2) is 11.6 Å². The van der Waals surface area contributed by atoms with Crippen LogP contribution in [0.2, 0.25) is 0 Å². The SMILES string of the molecule is N[C@@H](CC(=O)N1Cc2cscc2C1)Cc1cc(F)c(F)cc1F. The van der Waals surface area contributed by atoms with Crippen LogP contribution in [0.5, 0.6) is 0 Å². The molecule has 2 heterocycles. The van der Waals surface area contributed by atoms with Crippen LogP contribution in [0.15, 0.2) is 22.9 Å². The van der Waals surface area contributed by atoms with Crippen molar-refractivity contribution in [3.8, 4) is 0 Å². The first-order valence-electron chi connectivity index (χ1n) is 7.14. The summed E-state index contributed by atoms with van der Waals surface area (Å²) in [6.07, 6.45) is 0.00992. The quantitative estimate of drug-likeness (QED) is 0.870. The van der Waals surface area contributed by atoms with Crippen LogP contribution in [-0.2, 0) is 24.3 Å². The Bertz CT molecular complexity index is 726. The van der Waals surface area contributed by atoms with Gasteiger partial charge in [-0.3, -0.25) is 4.79 Å². The predicted octanol–water partition coefficient (Wildman–Crippen LogP) is 2.97. The lowest BCUT2D eigenvalue weighted by Crippen LogP contribution is -2.34. The number of amides is 1. The van der Waals surface area contributed by atoms with Crippen LogP contribution in [0.3, 0.4) is 0 Å². The summed E-state index contributed by atoms with van der Waals surface area (Å²) >= 11 is 1.61. The maximum atomic E-state index is 13.6. The van der Waals surface area contributed by atoms with Gasteiger partial charge in [0.05, 0.1) is 0 Å². The van der Waals surface area contributed by atoms with E-state index in [4.69, 9.17) is 5.73 Å². The molecule has 1 atom stereocenters. The molecular formula is C16H15F3N2OS. The lowest BCUT2D eigenvalue weighted by molar-refractivity contribution is -0.132. The molecule has 0 saturated heterocycles. The topological polar surface area (TPSA) is 46.3 Å². The molecule has 122 valence electrons. The van der Waals surface area contributed by atoms with E-state index in [0.29, 0.717) is 19.2 Å². The Morgan fingerprint density at radius 1 is 1.13 bits per heavy atom. The van der Waals surface area contributed by atoms with Gasteiger partial charge in [-0.15, -0.1) is 0 Å². The molecule has 1 amide bonds. The Labute approximate surface area is 135 Å². The van der Waals surface area contributed by atoms with Crippen LogP contribution < -0.4 is 5.73 Å². The summed E-state index contributed by atoms with van der Waals surface area (Å²) in [6.45, 7) is 1.12. The first-order valence-corrected chi connectivity index (χ1v) is 8.09. The molecule has 7 heteroatoms. The number of nitrogens with two attached hydrogens (primary N) is 1. The van der Waals surface area contributed by atoms with E-state index in [9.17, 15) is 18.0 Å². The fourth-order valence-electron chi connectivity index (χ4n) is 2.70. The lowest BCUT2D eigenvalue weighted by atomic mass is 10.0. The molecule has 1 aromatic heterocycles. The molecular weight excluding hydrogens is 325 g/mol. The molecule has 1 aliphatic heterocycles. The number of carbonyl (C=O) groups is 1. The number of hydrogen-bond acceptors (Lipinski definition) is 3. The normalized spacial score (nSPS) is 14.9. The van der Waals surface area contributed by atoms with Crippen molar-refractivity contribution in [3.63, 3.8) is 0 Å². The Morgan fingerprint density at radius 3 is 2.39 bits per heavy atom. The van der Waals surface area contributed by atoms with E-state index in [0.717, 1.165) is 17.2 Å². The van der Waals surface area contributed by atoms with Gasteiger partial charge in [0.2, 0.25) is 5.91 Å². The molecule has 0 saturated carbocycles. The summed E-state index contributed by atoms with van der Waals surface area (Å²) in [5.41, 5.74) is 8.14. The number of halogens is 3. The Kier molecular flexibility index (Phi) is 4.41. The van der Waals surface area contributed by atoms with Gasteiger partial charge < -0.3 is 10.6 Å². The van der Waals surface area contributed by atoms with Crippen molar-refractivity contribution in [1.82, 2.24) is 4.90 Å². The zero-order valence-corrected chi connectivity index (χ0v) is 13.0. The zero-order chi connectivity index (χ0) is 16.6.